The molecule has 1 aromatic carbocycles. The molecule has 0 radical (unpaired) electrons. The Labute approximate surface area is 128 Å². The lowest BCUT2D eigenvalue weighted by Gasteiger charge is -2.17. The van der Waals surface area contributed by atoms with Crippen LogP contribution in [0.2, 0.25) is 0 Å². The van der Waals surface area contributed by atoms with Crippen molar-refractivity contribution in [3.05, 3.63) is 47.4 Å². The van der Waals surface area contributed by atoms with Gasteiger partial charge in [0.1, 0.15) is 5.76 Å². The van der Waals surface area contributed by atoms with Crippen LogP contribution in [0.5, 0.6) is 0 Å². The fraction of sp³-hybridized carbons (Fsp3) is 0.267. The van der Waals surface area contributed by atoms with Gasteiger partial charge in [0, 0.05) is 17.8 Å². The van der Waals surface area contributed by atoms with E-state index in [-0.39, 0.29) is 5.91 Å². The molecule has 2 aromatic rings. The Balaban J connectivity index is 1.93. The Morgan fingerprint density at radius 1 is 1.32 bits per heavy atom. The highest BCUT2D eigenvalue weighted by atomic mass is 32.2. The summed E-state index contributed by atoms with van der Waals surface area (Å²) in [7, 11) is -3.31. The van der Waals surface area contributed by atoms with Crippen molar-refractivity contribution in [2.75, 3.05) is 22.4 Å². The SMILES string of the molecule is Cc1occc1C(=O)Nc1cccc2c1CCN2S(C)(=O)=O. The van der Waals surface area contributed by atoms with Gasteiger partial charge in [-0.05, 0) is 31.5 Å². The van der Waals surface area contributed by atoms with Crippen LogP contribution >= 0.6 is 0 Å². The van der Waals surface area contributed by atoms with E-state index < -0.39 is 10.0 Å². The molecule has 3 rings (SSSR count). The zero-order chi connectivity index (χ0) is 15.9. The van der Waals surface area contributed by atoms with Crippen molar-refractivity contribution >= 4 is 27.3 Å². The highest BCUT2D eigenvalue weighted by Gasteiger charge is 2.28. The Hall–Kier alpha value is -2.28. The van der Waals surface area contributed by atoms with Crippen LogP contribution in [-0.2, 0) is 16.4 Å². The quantitative estimate of drug-likeness (QED) is 0.940. The summed E-state index contributed by atoms with van der Waals surface area (Å²) in [5, 5.41) is 2.84. The minimum absolute atomic E-state index is 0.266. The maximum absolute atomic E-state index is 12.3. The third-order valence-electron chi connectivity index (χ3n) is 3.74. The fourth-order valence-corrected chi connectivity index (χ4v) is 3.63. The molecule has 0 fully saturated rings. The number of nitrogens with zero attached hydrogens (tertiary/aromatic N) is 1. The van der Waals surface area contributed by atoms with E-state index in [4.69, 9.17) is 4.42 Å². The zero-order valence-corrected chi connectivity index (χ0v) is 13.1. The molecule has 7 heteroatoms. The average molecular weight is 320 g/mol. The van der Waals surface area contributed by atoms with Crippen molar-refractivity contribution in [1.82, 2.24) is 0 Å². The first-order valence-electron chi connectivity index (χ1n) is 6.83. The fourth-order valence-electron chi connectivity index (χ4n) is 2.68. The minimum atomic E-state index is -3.31. The first kappa shape index (κ1) is 14.6. The summed E-state index contributed by atoms with van der Waals surface area (Å²) >= 11 is 0. The number of rotatable bonds is 3. The molecule has 0 atom stereocenters. The lowest BCUT2D eigenvalue weighted by atomic mass is 10.1. The molecule has 6 nitrogen and oxygen atoms in total. The van der Waals surface area contributed by atoms with Crippen molar-refractivity contribution in [2.45, 2.75) is 13.3 Å². The van der Waals surface area contributed by atoms with E-state index in [1.165, 1.54) is 16.8 Å². The van der Waals surface area contributed by atoms with Gasteiger partial charge in [0.2, 0.25) is 10.0 Å². The molecule has 0 bridgehead atoms. The summed E-state index contributed by atoms with van der Waals surface area (Å²) in [6.07, 6.45) is 3.22. The number of furan rings is 1. The maximum atomic E-state index is 12.3. The Bertz CT molecular complexity index is 839. The Morgan fingerprint density at radius 2 is 2.09 bits per heavy atom. The highest BCUT2D eigenvalue weighted by molar-refractivity contribution is 7.92. The van der Waals surface area contributed by atoms with Gasteiger partial charge in [0.25, 0.3) is 5.91 Å². The van der Waals surface area contributed by atoms with Crippen molar-refractivity contribution in [3.8, 4) is 0 Å². The van der Waals surface area contributed by atoms with E-state index in [2.05, 4.69) is 5.32 Å². The first-order chi connectivity index (χ1) is 10.4. The summed E-state index contributed by atoms with van der Waals surface area (Å²) in [4.78, 5) is 12.3. The Kier molecular flexibility index (Phi) is 3.44. The van der Waals surface area contributed by atoms with Gasteiger partial charge in [-0.15, -0.1) is 0 Å². The molecular formula is C15H16N2O4S. The summed E-state index contributed by atoms with van der Waals surface area (Å²) in [5.74, 6) is 0.278. The van der Waals surface area contributed by atoms with Crippen LogP contribution in [0.1, 0.15) is 21.7 Å². The number of carbonyl (C=O) groups is 1. The Morgan fingerprint density at radius 3 is 2.73 bits per heavy atom. The summed E-state index contributed by atoms with van der Waals surface area (Å²) < 4.78 is 30.1. The summed E-state index contributed by atoms with van der Waals surface area (Å²) in [5.41, 5.74) is 2.57. The summed E-state index contributed by atoms with van der Waals surface area (Å²) in [6, 6.07) is 6.87. The van der Waals surface area contributed by atoms with Gasteiger partial charge >= 0.3 is 0 Å². The number of amides is 1. The third kappa shape index (κ3) is 2.48. The van der Waals surface area contributed by atoms with Gasteiger partial charge in [0.15, 0.2) is 0 Å². The molecule has 1 aliphatic rings. The molecular weight excluding hydrogens is 304 g/mol. The van der Waals surface area contributed by atoms with Gasteiger partial charge in [-0.1, -0.05) is 6.07 Å². The second-order valence-corrected chi connectivity index (χ2v) is 7.14. The number of benzene rings is 1. The van der Waals surface area contributed by atoms with Crippen LogP contribution in [-0.4, -0.2) is 27.1 Å². The molecule has 22 heavy (non-hydrogen) atoms. The normalized spacial score (nSPS) is 14.0. The molecule has 0 spiro atoms. The molecule has 1 aliphatic heterocycles. The highest BCUT2D eigenvalue weighted by Crippen LogP contribution is 2.35. The van der Waals surface area contributed by atoms with Crippen LogP contribution < -0.4 is 9.62 Å². The van der Waals surface area contributed by atoms with Crippen LogP contribution in [0.3, 0.4) is 0 Å². The monoisotopic (exact) mass is 320 g/mol. The molecule has 0 aliphatic carbocycles. The van der Waals surface area contributed by atoms with Crippen molar-refractivity contribution in [1.29, 1.82) is 0 Å². The molecule has 1 N–H and O–H groups in total. The van der Waals surface area contributed by atoms with E-state index in [0.29, 0.717) is 35.7 Å². The van der Waals surface area contributed by atoms with Gasteiger partial charge in [0.05, 0.1) is 23.8 Å². The van der Waals surface area contributed by atoms with E-state index in [9.17, 15) is 13.2 Å². The number of anilines is 2. The molecule has 1 aromatic heterocycles. The van der Waals surface area contributed by atoms with E-state index in [1.54, 1.807) is 31.2 Å². The topological polar surface area (TPSA) is 79.6 Å². The van der Waals surface area contributed by atoms with Crippen LogP contribution in [0.25, 0.3) is 0 Å². The molecule has 116 valence electrons. The van der Waals surface area contributed by atoms with Crippen molar-refractivity contribution in [2.24, 2.45) is 0 Å². The van der Waals surface area contributed by atoms with Gasteiger partial charge < -0.3 is 9.73 Å². The second kappa shape index (κ2) is 5.17. The molecule has 2 heterocycles. The predicted octanol–water partition coefficient (Wildman–Crippen LogP) is 2.16. The average Bonchev–Trinajstić information content (AvgIpc) is 3.04. The molecule has 0 saturated carbocycles. The lowest BCUT2D eigenvalue weighted by Crippen LogP contribution is -2.27. The largest absolute Gasteiger partial charge is 0.469 e. The lowest BCUT2D eigenvalue weighted by molar-refractivity contribution is 0.102. The van der Waals surface area contributed by atoms with Crippen LogP contribution in [0.4, 0.5) is 11.4 Å². The van der Waals surface area contributed by atoms with Crippen LogP contribution in [0, 0.1) is 6.92 Å². The van der Waals surface area contributed by atoms with Crippen molar-refractivity contribution in [3.63, 3.8) is 0 Å². The zero-order valence-electron chi connectivity index (χ0n) is 12.3. The summed E-state index contributed by atoms with van der Waals surface area (Å²) in [6.45, 7) is 2.11. The van der Waals surface area contributed by atoms with Gasteiger partial charge in [-0.25, -0.2) is 8.42 Å². The molecule has 0 unspecified atom stereocenters. The third-order valence-corrected chi connectivity index (χ3v) is 4.92. The number of fused-ring (bicyclic) bond motifs is 1. The molecule has 0 saturated heterocycles. The van der Waals surface area contributed by atoms with E-state index in [0.717, 1.165) is 5.56 Å². The van der Waals surface area contributed by atoms with Gasteiger partial charge in [-0.2, -0.15) is 0 Å². The standard InChI is InChI=1S/C15H16N2O4S/c1-10-11(7-9-21-10)15(18)16-13-4-3-5-14-12(13)6-8-17(14)22(2,19)20/h3-5,7,9H,6,8H2,1-2H3,(H,16,18). The smallest absolute Gasteiger partial charge is 0.259 e. The number of nitrogens with one attached hydrogen (secondary N) is 1. The first-order valence-corrected chi connectivity index (χ1v) is 8.68. The number of hydrogen-bond acceptors (Lipinski definition) is 4. The molecule has 1 amide bonds. The van der Waals surface area contributed by atoms with Gasteiger partial charge in [-0.3, -0.25) is 9.10 Å². The number of carbonyl (C=O) groups excluding carboxylic acids is 1. The minimum Gasteiger partial charge on any atom is -0.469 e. The second-order valence-electron chi connectivity index (χ2n) is 5.23. The van der Waals surface area contributed by atoms with Crippen LogP contribution in [0.15, 0.2) is 34.9 Å². The number of hydrogen-bond donors (Lipinski definition) is 1. The van der Waals surface area contributed by atoms with E-state index >= 15 is 0 Å². The van der Waals surface area contributed by atoms with E-state index in [1.807, 2.05) is 0 Å². The predicted molar refractivity (Wildman–Crippen MR) is 83.7 cm³/mol. The van der Waals surface area contributed by atoms with Crippen molar-refractivity contribution < 1.29 is 17.6 Å². The number of aryl methyl sites for hydroxylation is 1. The maximum Gasteiger partial charge on any atom is 0.259 e. The number of sulfonamides is 1.